The minimum atomic E-state index is 0.412. The Balaban J connectivity index is 2.33. The smallest absolute Gasteiger partial charge is 0.111 e. The molecule has 0 atom stereocenters. The first-order valence-electron chi connectivity index (χ1n) is 5.58. The number of rotatable bonds is 4. The Kier molecular flexibility index (Phi) is 4.56. The van der Waals surface area contributed by atoms with Gasteiger partial charge < -0.3 is 5.32 Å². The van der Waals surface area contributed by atoms with Crippen LogP contribution in [0.2, 0.25) is 10.0 Å². The van der Waals surface area contributed by atoms with Crippen molar-refractivity contribution >= 4 is 34.7 Å². The van der Waals surface area contributed by atoms with Crippen molar-refractivity contribution in [1.82, 2.24) is 14.9 Å². The summed E-state index contributed by atoms with van der Waals surface area (Å²) in [6.45, 7) is 4.93. The molecule has 1 heterocycles. The highest BCUT2D eigenvalue weighted by molar-refractivity contribution is 7.06. The van der Waals surface area contributed by atoms with E-state index in [1.807, 2.05) is 6.07 Å². The van der Waals surface area contributed by atoms with Crippen LogP contribution in [0.1, 0.15) is 18.7 Å². The Bertz CT molecular complexity index is 540. The monoisotopic (exact) mass is 301 g/mol. The van der Waals surface area contributed by atoms with E-state index in [4.69, 9.17) is 23.2 Å². The van der Waals surface area contributed by atoms with Crippen LogP contribution in [0.5, 0.6) is 0 Å². The highest BCUT2D eigenvalue weighted by Crippen LogP contribution is 2.32. The number of benzene rings is 1. The molecule has 1 N–H and O–H groups in total. The number of nitrogens with zero attached hydrogens (tertiary/aromatic N) is 2. The summed E-state index contributed by atoms with van der Waals surface area (Å²) in [7, 11) is 0. The van der Waals surface area contributed by atoms with Gasteiger partial charge in [0.05, 0.1) is 9.90 Å². The van der Waals surface area contributed by atoms with Crippen molar-refractivity contribution < 1.29 is 0 Å². The molecule has 0 amide bonds. The van der Waals surface area contributed by atoms with E-state index in [1.54, 1.807) is 12.1 Å². The fourth-order valence-electron chi connectivity index (χ4n) is 1.51. The molecule has 2 rings (SSSR count). The third-order valence-electron chi connectivity index (χ3n) is 2.41. The van der Waals surface area contributed by atoms with Crippen LogP contribution in [-0.4, -0.2) is 15.6 Å². The summed E-state index contributed by atoms with van der Waals surface area (Å²) in [5.41, 5.74) is 1.64. The summed E-state index contributed by atoms with van der Waals surface area (Å²) >= 11 is 13.6. The summed E-state index contributed by atoms with van der Waals surface area (Å²) in [6, 6.07) is 5.77. The molecule has 3 nitrogen and oxygen atoms in total. The highest BCUT2D eigenvalue weighted by atomic mass is 35.5. The average Bonchev–Trinajstić information content (AvgIpc) is 2.77. The number of hydrogen-bond acceptors (Lipinski definition) is 4. The second-order valence-electron chi connectivity index (χ2n) is 4.20. The van der Waals surface area contributed by atoms with Gasteiger partial charge >= 0.3 is 0 Å². The lowest BCUT2D eigenvalue weighted by Gasteiger charge is -2.08. The third-order valence-corrected chi connectivity index (χ3v) is 3.70. The number of aromatic nitrogens is 2. The van der Waals surface area contributed by atoms with E-state index in [1.165, 1.54) is 11.5 Å². The Labute approximate surface area is 120 Å². The molecule has 2 aromatic rings. The molecule has 6 heteroatoms. The summed E-state index contributed by atoms with van der Waals surface area (Å²) in [5.74, 6) is 0. The van der Waals surface area contributed by atoms with Crippen molar-refractivity contribution in [2.24, 2.45) is 0 Å². The number of nitrogens with one attached hydrogen (secondary N) is 1. The normalized spacial score (nSPS) is 11.2. The van der Waals surface area contributed by atoms with Crippen molar-refractivity contribution in [3.8, 4) is 11.3 Å². The highest BCUT2D eigenvalue weighted by Gasteiger charge is 2.14. The van der Waals surface area contributed by atoms with E-state index in [0.717, 1.165) is 22.7 Å². The van der Waals surface area contributed by atoms with E-state index in [2.05, 4.69) is 28.8 Å². The molecule has 0 unspecified atom stereocenters. The van der Waals surface area contributed by atoms with Gasteiger partial charge in [0.2, 0.25) is 0 Å². The lowest BCUT2D eigenvalue weighted by molar-refractivity contribution is 0.593. The van der Waals surface area contributed by atoms with Gasteiger partial charge in [0.15, 0.2) is 0 Å². The minimum absolute atomic E-state index is 0.412. The number of halogens is 2. The predicted octanol–water partition coefficient (Wildman–Crippen LogP) is 4.01. The predicted molar refractivity (Wildman–Crippen MR) is 77.3 cm³/mol. The Morgan fingerprint density at radius 1 is 1.33 bits per heavy atom. The van der Waals surface area contributed by atoms with E-state index in [9.17, 15) is 0 Å². The molecule has 0 radical (unpaired) electrons. The van der Waals surface area contributed by atoms with Crippen LogP contribution in [0, 0.1) is 0 Å². The molecule has 0 spiro atoms. The molecule has 96 valence electrons. The second-order valence-corrected chi connectivity index (χ2v) is 5.89. The summed E-state index contributed by atoms with van der Waals surface area (Å²) in [4.78, 5) is 1.06. The van der Waals surface area contributed by atoms with Crippen LogP contribution in [-0.2, 0) is 6.54 Å². The molecule has 0 aliphatic carbocycles. The summed E-state index contributed by atoms with van der Waals surface area (Å²) in [5, 5.41) is 8.78. The van der Waals surface area contributed by atoms with Gasteiger partial charge in [-0.1, -0.05) is 41.5 Å². The lowest BCUT2D eigenvalue weighted by Crippen LogP contribution is -2.21. The lowest BCUT2D eigenvalue weighted by atomic mass is 10.1. The van der Waals surface area contributed by atoms with Crippen molar-refractivity contribution in [3.63, 3.8) is 0 Å². The molecule has 18 heavy (non-hydrogen) atoms. The molecular weight excluding hydrogens is 289 g/mol. The first-order chi connectivity index (χ1) is 8.58. The second kappa shape index (κ2) is 5.97. The SMILES string of the molecule is CC(C)NCc1snnc1-c1cc(Cl)ccc1Cl. The van der Waals surface area contributed by atoms with Gasteiger partial charge in [0, 0.05) is 23.2 Å². The Morgan fingerprint density at radius 2 is 2.11 bits per heavy atom. The van der Waals surface area contributed by atoms with Gasteiger partial charge in [0.25, 0.3) is 0 Å². The first-order valence-corrected chi connectivity index (χ1v) is 7.11. The Hall–Kier alpha value is -0.680. The van der Waals surface area contributed by atoms with Gasteiger partial charge in [-0.05, 0) is 29.7 Å². The summed E-state index contributed by atoms with van der Waals surface area (Å²) < 4.78 is 4.00. The van der Waals surface area contributed by atoms with Crippen LogP contribution in [0.3, 0.4) is 0 Å². The van der Waals surface area contributed by atoms with Crippen molar-refractivity contribution in [2.75, 3.05) is 0 Å². The quantitative estimate of drug-likeness (QED) is 0.927. The summed E-state index contributed by atoms with van der Waals surface area (Å²) in [6.07, 6.45) is 0. The van der Waals surface area contributed by atoms with Crippen LogP contribution in [0.25, 0.3) is 11.3 Å². The maximum absolute atomic E-state index is 6.18. The van der Waals surface area contributed by atoms with Crippen molar-refractivity contribution in [2.45, 2.75) is 26.4 Å². The van der Waals surface area contributed by atoms with Crippen LogP contribution in [0.4, 0.5) is 0 Å². The maximum Gasteiger partial charge on any atom is 0.111 e. The van der Waals surface area contributed by atoms with Crippen molar-refractivity contribution in [1.29, 1.82) is 0 Å². The Morgan fingerprint density at radius 3 is 2.83 bits per heavy atom. The van der Waals surface area contributed by atoms with E-state index >= 15 is 0 Å². The van der Waals surface area contributed by atoms with E-state index < -0.39 is 0 Å². The average molecular weight is 302 g/mol. The first kappa shape index (κ1) is 13.7. The zero-order valence-corrected chi connectivity index (χ0v) is 12.4. The minimum Gasteiger partial charge on any atom is -0.310 e. The molecule has 0 aliphatic rings. The third kappa shape index (κ3) is 3.20. The van der Waals surface area contributed by atoms with Gasteiger partial charge in [-0.2, -0.15) is 0 Å². The number of hydrogen-bond donors (Lipinski definition) is 1. The van der Waals surface area contributed by atoms with Gasteiger partial charge in [0.1, 0.15) is 5.69 Å². The standard InChI is InChI=1S/C12H13Cl2N3S/c1-7(2)15-6-11-12(16-17-18-11)9-5-8(13)3-4-10(9)14/h3-5,7,15H,6H2,1-2H3. The molecular formula is C12H13Cl2N3S. The molecule has 0 fully saturated rings. The molecule has 1 aromatic carbocycles. The molecule has 0 saturated carbocycles. The van der Waals surface area contributed by atoms with Gasteiger partial charge in [-0.25, -0.2) is 0 Å². The topological polar surface area (TPSA) is 37.8 Å². The fraction of sp³-hybridized carbons (Fsp3) is 0.333. The largest absolute Gasteiger partial charge is 0.310 e. The van der Waals surface area contributed by atoms with Gasteiger partial charge in [-0.3, -0.25) is 0 Å². The molecule has 0 bridgehead atoms. The molecule has 1 aromatic heterocycles. The fourth-order valence-corrected chi connectivity index (χ4v) is 2.49. The zero-order valence-electron chi connectivity index (χ0n) is 10.1. The van der Waals surface area contributed by atoms with Crippen LogP contribution in [0.15, 0.2) is 18.2 Å². The zero-order chi connectivity index (χ0) is 13.1. The molecule has 0 saturated heterocycles. The van der Waals surface area contributed by atoms with Crippen LogP contribution < -0.4 is 5.32 Å². The van der Waals surface area contributed by atoms with Crippen LogP contribution >= 0.6 is 34.7 Å². The van der Waals surface area contributed by atoms with Gasteiger partial charge in [-0.15, -0.1) is 5.10 Å². The van der Waals surface area contributed by atoms with Crippen molar-refractivity contribution in [3.05, 3.63) is 33.1 Å². The maximum atomic E-state index is 6.18. The molecule has 0 aliphatic heterocycles. The van der Waals surface area contributed by atoms with E-state index in [-0.39, 0.29) is 0 Å². The van der Waals surface area contributed by atoms with E-state index in [0.29, 0.717) is 16.1 Å².